The molecular formula is C10H18ClNO. The lowest BCUT2D eigenvalue weighted by Gasteiger charge is -2.34. The van der Waals surface area contributed by atoms with E-state index in [2.05, 4.69) is 11.8 Å². The smallest absolute Gasteiger partial charge is 0.0471 e. The molecule has 0 saturated carbocycles. The molecule has 2 unspecified atom stereocenters. The fourth-order valence-electron chi connectivity index (χ4n) is 2.07. The zero-order chi connectivity index (χ0) is 9.68. The highest BCUT2D eigenvalue weighted by atomic mass is 35.5. The van der Waals surface area contributed by atoms with Crippen LogP contribution in [0.3, 0.4) is 0 Å². The molecule has 0 aliphatic carbocycles. The van der Waals surface area contributed by atoms with Crippen LogP contribution in [0, 0.1) is 11.8 Å². The first kappa shape index (κ1) is 11.0. The third-order valence-electron chi connectivity index (χ3n) is 2.53. The Labute approximate surface area is 85.2 Å². The van der Waals surface area contributed by atoms with Gasteiger partial charge in [0.1, 0.15) is 0 Å². The highest BCUT2D eigenvalue weighted by Gasteiger charge is 2.22. The van der Waals surface area contributed by atoms with Gasteiger partial charge in [-0.1, -0.05) is 24.6 Å². The van der Waals surface area contributed by atoms with Crippen molar-refractivity contribution in [2.24, 2.45) is 11.8 Å². The molecular weight excluding hydrogens is 186 g/mol. The second-order valence-corrected chi connectivity index (χ2v) is 4.22. The van der Waals surface area contributed by atoms with E-state index in [1.54, 1.807) is 5.54 Å². The quantitative estimate of drug-likeness (QED) is 0.755. The first-order valence-corrected chi connectivity index (χ1v) is 5.28. The molecule has 0 radical (unpaired) electrons. The van der Waals surface area contributed by atoms with Crippen molar-refractivity contribution in [1.82, 2.24) is 4.90 Å². The SMILES string of the molecule is CC1CC(CO)CN(C/C=C/Cl)C1. The number of aliphatic hydroxyl groups excluding tert-OH is 1. The van der Waals surface area contributed by atoms with Crippen LogP contribution >= 0.6 is 11.6 Å². The van der Waals surface area contributed by atoms with Gasteiger partial charge in [-0.2, -0.15) is 0 Å². The zero-order valence-corrected chi connectivity index (χ0v) is 8.87. The Hall–Kier alpha value is -0.0500. The zero-order valence-electron chi connectivity index (χ0n) is 8.12. The van der Waals surface area contributed by atoms with E-state index in [4.69, 9.17) is 16.7 Å². The lowest BCUT2D eigenvalue weighted by atomic mass is 9.91. The number of piperidine rings is 1. The van der Waals surface area contributed by atoms with Gasteiger partial charge in [-0.25, -0.2) is 0 Å². The molecule has 1 saturated heterocycles. The molecule has 0 amide bonds. The summed E-state index contributed by atoms with van der Waals surface area (Å²) < 4.78 is 0. The molecule has 0 spiro atoms. The number of aliphatic hydroxyl groups is 1. The van der Waals surface area contributed by atoms with Crippen LogP contribution in [0.15, 0.2) is 11.6 Å². The number of nitrogens with zero attached hydrogens (tertiary/aromatic N) is 1. The van der Waals surface area contributed by atoms with Crippen LogP contribution < -0.4 is 0 Å². The summed E-state index contributed by atoms with van der Waals surface area (Å²) in [4.78, 5) is 2.34. The van der Waals surface area contributed by atoms with E-state index in [0.29, 0.717) is 18.4 Å². The van der Waals surface area contributed by atoms with Gasteiger partial charge in [-0.05, 0) is 18.3 Å². The minimum absolute atomic E-state index is 0.311. The molecule has 2 atom stereocenters. The van der Waals surface area contributed by atoms with Gasteiger partial charge in [0, 0.05) is 31.8 Å². The van der Waals surface area contributed by atoms with Gasteiger partial charge < -0.3 is 5.11 Å². The van der Waals surface area contributed by atoms with Crippen molar-refractivity contribution in [3.8, 4) is 0 Å². The molecule has 1 fully saturated rings. The lowest BCUT2D eigenvalue weighted by Crippen LogP contribution is -2.40. The normalized spacial score (nSPS) is 31.3. The summed E-state index contributed by atoms with van der Waals surface area (Å²) in [5, 5.41) is 9.08. The molecule has 0 bridgehead atoms. The van der Waals surface area contributed by atoms with E-state index in [1.807, 2.05) is 6.08 Å². The third-order valence-corrected chi connectivity index (χ3v) is 2.71. The summed E-state index contributed by atoms with van der Waals surface area (Å²) in [6, 6.07) is 0. The molecule has 1 N–H and O–H groups in total. The Kier molecular flexibility index (Phi) is 4.78. The van der Waals surface area contributed by atoms with Crippen LogP contribution in [-0.2, 0) is 0 Å². The highest BCUT2D eigenvalue weighted by Crippen LogP contribution is 2.20. The first-order chi connectivity index (χ1) is 6.26. The predicted molar refractivity (Wildman–Crippen MR) is 55.8 cm³/mol. The standard InChI is InChI=1S/C10H18ClNO/c1-9-5-10(8-13)7-12(6-9)4-2-3-11/h2-3,9-10,13H,4-8H2,1H3/b3-2+. The summed E-state index contributed by atoms with van der Waals surface area (Å²) in [5.41, 5.74) is 1.56. The number of rotatable bonds is 3. The summed E-state index contributed by atoms with van der Waals surface area (Å²) in [6.45, 7) is 5.58. The van der Waals surface area contributed by atoms with Crippen LogP contribution in [-0.4, -0.2) is 36.2 Å². The third kappa shape index (κ3) is 3.67. The molecule has 3 heteroatoms. The monoisotopic (exact) mass is 203 g/mol. The van der Waals surface area contributed by atoms with Gasteiger partial charge >= 0.3 is 0 Å². The number of hydrogen-bond donors (Lipinski definition) is 1. The Morgan fingerprint density at radius 1 is 1.54 bits per heavy atom. The molecule has 76 valence electrons. The Bertz CT molecular complexity index is 172. The Morgan fingerprint density at radius 2 is 2.31 bits per heavy atom. The maximum Gasteiger partial charge on any atom is 0.0471 e. The minimum Gasteiger partial charge on any atom is -0.396 e. The highest BCUT2D eigenvalue weighted by molar-refractivity contribution is 6.25. The van der Waals surface area contributed by atoms with E-state index in [1.165, 1.54) is 0 Å². The summed E-state index contributed by atoms with van der Waals surface area (Å²) in [5.74, 6) is 1.14. The van der Waals surface area contributed by atoms with Crippen molar-refractivity contribution in [1.29, 1.82) is 0 Å². The fourth-order valence-corrected chi connectivity index (χ4v) is 2.15. The summed E-state index contributed by atoms with van der Waals surface area (Å²) in [6.07, 6.45) is 3.10. The maximum atomic E-state index is 9.08. The van der Waals surface area contributed by atoms with Crippen LogP contribution in [0.2, 0.25) is 0 Å². The summed E-state index contributed by atoms with van der Waals surface area (Å²) >= 11 is 5.47. The van der Waals surface area contributed by atoms with Crippen LogP contribution in [0.4, 0.5) is 0 Å². The molecule has 0 aromatic heterocycles. The largest absolute Gasteiger partial charge is 0.396 e. The van der Waals surface area contributed by atoms with Crippen LogP contribution in [0.1, 0.15) is 13.3 Å². The fraction of sp³-hybridized carbons (Fsp3) is 0.800. The summed E-state index contributed by atoms with van der Waals surface area (Å²) in [7, 11) is 0. The van der Waals surface area contributed by atoms with Gasteiger partial charge in [0.05, 0.1) is 0 Å². The predicted octanol–water partition coefficient (Wildman–Crippen LogP) is 1.69. The second-order valence-electron chi connectivity index (χ2n) is 3.97. The van der Waals surface area contributed by atoms with Crippen molar-refractivity contribution >= 4 is 11.6 Å². The first-order valence-electron chi connectivity index (χ1n) is 4.84. The molecule has 2 nitrogen and oxygen atoms in total. The molecule has 1 aliphatic rings. The van der Waals surface area contributed by atoms with Crippen molar-refractivity contribution in [2.75, 3.05) is 26.2 Å². The van der Waals surface area contributed by atoms with E-state index < -0.39 is 0 Å². The van der Waals surface area contributed by atoms with E-state index in [0.717, 1.165) is 26.1 Å². The van der Waals surface area contributed by atoms with Crippen molar-refractivity contribution in [2.45, 2.75) is 13.3 Å². The van der Waals surface area contributed by atoms with E-state index in [9.17, 15) is 0 Å². The topological polar surface area (TPSA) is 23.5 Å². The molecule has 1 heterocycles. The second kappa shape index (κ2) is 5.63. The van der Waals surface area contributed by atoms with Crippen molar-refractivity contribution in [3.63, 3.8) is 0 Å². The molecule has 1 aliphatic heterocycles. The molecule has 13 heavy (non-hydrogen) atoms. The number of halogens is 1. The van der Waals surface area contributed by atoms with E-state index >= 15 is 0 Å². The molecule has 0 aromatic rings. The van der Waals surface area contributed by atoms with Gasteiger partial charge in [0.15, 0.2) is 0 Å². The average molecular weight is 204 g/mol. The van der Waals surface area contributed by atoms with Crippen molar-refractivity contribution in [3.05, 3.63) is 11.6 Å². The minimum atomic E-state index is 0.311. The number of likely N-dealkylation sites (tertiary alicyclic amines) is 1. The molecule has 0 aromatic carbocycles. The average Bonchev–Trinajstić information content (AvgIpc) is 2.14. The van der Waals surface area contributed by atoms with Crippen LogP contribution in [0.5, 0.6) is 0 Å². The van der Waals surface area contributed by atoms with Crippen molar-refractivity contribution < 1.29 is 5.11 Å². The van der Waals surface area contributed by atoms with E-state index in [-0.39, 0.29) is 0 Å². The number of hydrogen-bond acceptors (Lipinski definition) is 2. The Balaban J connectivity index is 2.37. The lowest BCUT2D eigenvalue weighted by molar-refractivity contribution is 0.0985. The van der Waals surface area contributed by atoms with Gasteiger partial charge in [-0.15, -0.1) is 0 Å². The van der Waals surface area contributed by atoms with Gasteiger partial charge in [0.25, 0.3) is 0 Å². The van der Waals surface area contributed by atoms with Gasteiger partial charge in [0.2, 0.25) is 0 Å². The maximum absolute atomic E-state index is 9.08. The van der Waals surface area contributed by atoms with Crippen LogP contribution in [0.25, 0.3) is 0 Å². The molecule has 1 rings (SSSR count). The van der Waals surface area contributed by atoms with Gasteiger partial charge in [-0.3, -0.25) is 4.90 Å². The Morgan fingerprint density at radius 3 is 2.92 bits per heavy atom.